The molecule has 1 fully saturated rings. The van der Waals surface area contributed by atoms with Crippen molar-refractivity contribution in [2.75, 3.05) is 29.4 Å². The molecule has 0 spiro atoms. The van der Waals surface area contributed by atoms with Crippen LogP contribution in [0.3, 0.4) is 0 Å². The van der Waals surface area contributed by atoms with Gasteiger partial charge < -0.3 is 5.32 Å². The zero-order valence-corrected chi connectivity index (χ0v) is 17.8. The Morgan fingerprint density at radius 3 is 2.57 bits per heavy atom. The summed E-state index contributed by atoms with van der Waals surface area (Å²) >= 11 is 1.90. The minimum atomic E-state index is -3.67. The topological polar surface area (TPSA) is 66.5 Å². The van der Waals surface area contributed by atoms with E-state index in [2.05, 4.69) is 5.32 Å². The molecule has 0 heterocycles. The van der Waals surface area contributed by atoms with E-state index >= 15 is 0 Å². The maximum Gasteiger partial charge on any atom is 0.232 e. The fourth-order valence-corrected chi connectivity index (χ4v) is 5.42. The second-order valence-electron chi connectivity index (χ2n) is 7.02. The van der Waals surface area contributed by atoms with Crippen LogP contribution >= 0.6 is 11.8 Å². The zero-order chi connectivity index (χ0) is 20.6. The van der Waals surface area contributed by atoms with Gasteiger partial charge in [-0.05, 0) is 31.4 Å². The number of halogens is 2. The van der Waals surface area contributed by atoms with Crippen LogP contribution in [-0.2, 0) is 14.8 Å². The van der Waals surface area contributed by atoms with E-state index in [0.717, 1.165) is 28.4 Å². The van der Waals surface area contributed by atoms with Crippen molar-refractivity contribution in [2.24, 2.45) is 0 Å². The zero-order valence-electron chi connectivity index (χ0n) is 16.1. The van der Waals surface area contributed by atoms with Crippen molar-refractivity contribution in [3.05, 3.63) is 29.8 Å². The highest BCUT2D eigenvalue weighted by atomic mass is 32.2. The first-order chi connectivity index (χ1) is 13.3. The molecule has 1 aromatic rings. The Labute approximate surface area is 170 Å². The summed E-state index contributed by atoms with van der Waals surface area (Å²) in [5.41, 5.74) is 0.0469. The lowest BCUT2D eigenvalue weighted by Crippen LogP contribution is -2.32. The minimum absolute atomic E-state index is 0.0220. The van der Waals surface area contributed by atoms with Crippen molar-refractivity contribution in [3.63, 3.8) is 0 Å². The molecule has 0 atom stereocenters. The molecule has 2 rings (SSSR count). The summed E-state index contributed by atoms with van der Waals surface area (Å²) in [4.78, 5) is 12.0. The quantitative estimate of drug-likeness (QED) is 0.571. The molecule has 28 heavy (non-hydrogen) atoms. The first-order valence-electron chi connectivity index (χ1n) is 9.58. The molecule has 1 saturated carbocycles. The monoisotopic (exact) mass is 434 g/mol. The number of nitrogens with zero attached hydrogens (tertiary/aromatic N) is 1. The summed E-state index contributed by atoms with van der Waals surface area (Å²) in [6.07, 6.45) is 7.86. The highest BCUT2D eigenvalue weighted by molar-refractivity contribution is 7.99. The molecule has 1 aliphatic rings. The minimum Gasteiger partial charge on any atom is -0.355 e. The van der Waals surface area contributed by atoms with E-state index in [0.29, 0.717) is 11.8 Å². The van der Waals surface area contributed by atoms with E-state index in [1.807, 2.05) is 11.8 Å². The van der Waals surface area contributed by atoms with Crippen LogP contribution in [0.2, 0.25) is 0 Å². The van der Waals surface area contributed by atoms with Gasteiger partial charge in [0.25, 0.3) is 0 Å². The normalized spacial score (nSPS) is 15.4. The number of anilines is 1. The lowest BCUT2D eigenvalue weighted by atomic mass is 10.0. The Kier molecular flexibility index (Phi) is 9.01. The lowest BCUT2D eigenvalue weighted by molar-refractivity contribution is -0.121. The van der Waals surface area contributed by atoms with E-state index in [1.165, 1.54) is 38.2 Å². The van der Waals surface area contributed by atoms with Gasteiger partial charge in [0.1, 0.15) is 0 Å². The van der Waals surface area contributed by atoms with Crippen LogP contribution in [0.25, 0.3) is 0 Å². The van der Waals surface area contributed by atoms with E-state index in [1.54, 1.807) is 0 Å². The van der Waals surface area contributed by atoms with Crippen LogP contribution in [0.15, 0.2) is 18.2 Å². The van der Waals surface area contributed by atoms with E-state index in [4.69, 9.17) is 0 Å². The molecule has 158 valence electrons. The van der Waals surface area contributed by atoms with Crippen LogP contribution in [0.4, 0.5) is 14.5 Å². The summed E-state index contributed by atoms with van der Waals surface area (Å²) in [7, 11) is -3.67. The fourth-order valence-electron chi connectivity index (χ4n) is 3.25. The standard InChI is InChI=1S/C19H28F2N2O3S2/c1-28(25,26)23(15-9-10-17(20)18(21)14-15)12-5-8-19(24)22-11-13-27-16-6-3-2-4-7-16/h9-10,14,16H,2-8,11-13H2,1H3,(H,22,24). The Morgan fingerprint density at radius 2 is 1.93 bits per heavy atom. The average molecular weight is 435 g/mol. The van der Waals surface area contributed by atoms with Crippen LogP contribution in [0.5, 0.6) is 0 Å². The predicted octanol–water partition coefficient (Wildman–Crippen LogP) is 3.69. The number of amides is 1. The van der Waals surface area contributed by atoms with Gasteiger partial charge in [0, 0.05) is 36.6 Å². The lowest BCUT2D eigenvalue weighted by Gasteiger charge is -2.22. The maximum atomic E-state index is 13.4. The third kappa shape index (κ3) is 7.58. The second-order valence-corrected chi connectivity index (χ2v) is 10.3. The van der Waals surface area contributed by atoms with Gasteiger partial charge in [0.2, 0.25) is 15.9 Å². The third-order valence-electron chi connectivity index (χ3n) is 4.69. The second kappa shape index (κ2) is 11.0. The first kappa shape index (κ1) is 22.9. The Bertz CT molecular complexity index is 754. The molecule has 1 aromatic carbocycles. The van der Waals surface area contributed by atoms with Gasteiger partial charge in [-0.3, -0.25) is 9.10 Å². The van der Waals surface area contributed by atoms with Crippen LogP contribution in [0, 0.1) is 11.6 Å². The number of nitrogens with one attached hydrogen (secondary N) is 1. The van der Waals surface area contributed by atoms with E-state index in [9.17, 15) is 22.0 Å². The molecule has 0 aromatic heterocycles. The summed E-state index contributed by atoms with van der Waals surface area (Å²) in [5, 5.41) is 3.55. The SMILES string of the molecule is CS(=O)(=O)N(CCCC(=O)NCCSC1CCCCC1)c1ccc(F)c(F)c1. The highest BCUT2D eigenvalue weighted by Crippen LogP contribution is 2.27. The number of hydrogen-bond acceptors (Lipinski definition) is 4. The van der Waals surface area contributed by atoms with Gasteiger partial charge >= 0.3 is 0 Å². The van der Waals surface area contributed by atoms with Crippen molar-refractivity contribution >= 4 is 33.4 Å². The Morgan fingerprint density at radius 1 is 1.21 bits per heavy atom. The van der Waals surface area contributed by atoms with Crippen molar-refractivity contribution in [1.29, 1.82) is 0 Å². The van der Waals surface area contributed by atoms with E-state index in [-0.39, 0.29) is 31.0 Å². The van der Waals surface area contributed by atoms with Crippen molar-refractivity contribution in [1.82, 2.24) is 5.32 Å². The fraction of sp³-hybridized carbons (Fsp3) is 0.632. The molecular formula is C19H28F2N2O3S2. The molecule has 0 bridgehead atoms. The number of thioether (sulfide) groups is 1. The third-order valence-corrected chi connectivity index (χ3v) is 7.26. The highest BCUT2D eigenvalue weighted by Gasteiger charge is 2.19. The maximum absolute atomic E-state index is 13.4. The van der Waals surface area contributed by atoms with Gasteiger partial charge in [-0.1, -0.05) is 19.3 Å². The van der Waals surface area contributed by atoms with Crippen molar-refractivity contribution in [2.45, 2.75) is 50.2 Å². The molecule has 1 aliphatic carbocycles. The molecule has 0 saturated heterocycles. The molecule has 1 N–H and O–H groups in total. The molecule has 0 radical (unpaired) electrons. The molecular weight excluding hydrogens is 406 g/mol. The van der Waals surface area contributed by atoms with E-state index < -0.39 is 21.7 Å². The van der Waals surface area contributed by atoms with Gasteiger partial charge in [-0.15, -0.1) is 0 Å². The Hall–Kier alpha value is -1.35. The first-order valence-corrected chi connectivity index (χ1v) is 12.5. The molecule has 0 unspecified atom stereocenters. The number of benzene rings is 1. The molecule has 0 aliphatic heterocycles. The Balaban J connectivity index is 1.73. The number of sulfonamides is 1. The van der Waals surface area contributed by atoms with Crippen molar-refractivity contribution < 1.29 is 22.0 Å². The number of rotatable bonds is 10. The van der Waals surface area contributed by atoms with Gasteiger partial charge in [-0.25, -0.2) is 17.2 Å². The van der Waals surface area contributed by atoms with Gasteiger partial charge in [0.05, 0.1) is 11.9 Å². The number of carbonyl (C=O) groups excluding carboxylic acids is 1. The number of carbonyl (C=O) groups is 1. The smallest absolute Gasteiger partial charge is 0.232 e. The van der Waals surface area contributed by atoms with Crippen LogP contribution in [-0.4, -0.2) is 44.7 Å². The van der Waals surface area contributed by atoms with Crippen LogP contribution in [0.1, 0.15) is 44.9 Å². The summed E-state index contributed by atoms with van der Waals surface area (Å²) in [6, 6.07) is 2.94. The molecule has 5 nitrogen and oxygen atoms in total. The average Bonchev–Trinajstić information content (AvgIpc) is 2.65. The summed E-state index contributed by atoms with van der Waals surface area (Å²) in [6.45, 7) is 0.618. The largest absolute Gasteiger partial charge is 0.355 e. The van der Waals surface area contributed by atoms with Crippen LogP contribution < -0.4 is 9.62 Å². The summed E-state index contributed by atoms with van der Waals surface area (Å²) < 4.78 is 51.4. The predicted molar refractivity (Wildman–Crippen MR) is 110 cm³/mol. The van der Waals surface area contributed by atoms with Gasteiger partial charge in [0.15, 0.2) is 11.6 Å². The van der Waals surface area contributed by atoms with Crippen molar-refractivity contribution in [3.8, 4) is 0 Å². The molecule has 1 amide bonds. The summed E-state index contributed by atoms with van der Waals surface area (Å²) in [5.74, 6) is -1.41. The number of hydrogen-bond donors (Lipinski definition) is 1. The van der Waals surface area contributed by atoms with Gasteiger partial charge in [-0.2, -0.15) is 11.8 Å². The molecule has 9 heteroatoms.